The third-order valence-corrected chi connectivity index (χ3v) is 5.78. The van der Waals surface area contributed by atoms with Gasteiger partial charge in [-0.15, -0.1) is 24.0 Å². The largest absolute Gasteiger partial charge is 0.386 e. The molecule has 0 fully saturated rings. The van der Waals surface area contributed by atoms with Gasteiger partial charge in [0, 0.05) is 18.8 Å². The minimum atomic E-state index is -3.02. The van der Waals surface area contributed by atoms with E-state index >= 15 is 0 Å². The number of aliphatic hydroxyl groups excluding tert-OH is 1. The smallest absolute Gasteiger partial charge is 0.191 e. The van der Waals surface area contributed by atoms with Crippen LogP contribution in [-0.4, -0.2) is 50.6 Å². The summed E-state index contributed by atoms with van der Waals surface area (Å²) < 4.78 is 23.1. The standard InChI is InChI=1S/C19H33N3O3S.HI/c1-6-20-18(21-12-13-26(24,25)7-2)22-14-17(23)15-8-10-16(11-9-15)19(3,4)5;/h8-11,17,23H,6-7,12-14H2,1-5H3,(H2,20,21,22);1H. The second-order valence-corrected chi connectivity index (χ2v) is 9.74. The summed E-state index contributed by atoms with van der Waals surface area (Å²) in [5, 5.41) is 16.4. The van der Waals surface area contributed by atoms with Gasteiger partial charge >= 0.3 is 0 Å². The minimum absolute atomic E-state index is 0. The predicted molar refractivity (Wildman–Crippen MR) is 124 cm³/mol. The maximum atomic E-state index is 11.5. The zero-order chi connectivity index (χ0) is 19.8. The molecule has 0 aliphatic carbocycles. The van der Waals surface area contributed by atoms with Crippen LogP contribution in [0.2, 0.25) is 0 Å². The zero-order valence-electron chi connectivity index (χ0n) is 16.9. The van der Waals surface area contributed by atoms with Crippen LogP contribution >= 0.6 is 24.0 Å². The van der Waals surface area contributed by atoms with Crippen molar-refractivity contribution in [2.75, 3.05) is 31.1 Å². The van der Waals surface area contributed by atoms with Crippen molar-refractivity contribution >= 4 is 39.8 Å². The van der Waals surface area contributed by atoms with Gasteiger partial charge in [0.05, 0.1) is 18.4 Å². The lowest BCUT2D eigenvalue weighted by molar-refractivity contribution is 0.187. The first-order chi connectivity index (χ1) is 12.1. The Morgan fingerprint density at radius 2 is 1.74 bits per heavy atom. The van der Waals surface area contributed by atoms with Gasteiger partial charge in [-0.2, -0.15) is 0 Å². The number of aliphatic hydroxyl groups is 1. The van der Waals surface area contributed by atoms with Gasteiger partial charge in [-0.3, -0.25) is 4.99 Å². The highest BCUT2D eigenvalue weighted by molar-refractivity contribution is 14.0. The summed E-state index contributed by atoms with van der Waals surface area (Å²) in [6, 6.07) is 7.91. The molecule has 1 aromatic rings. The summed E-state index contributed by atoms with van der Waals surface area (Å²) >= 11 is 0. The zero-order valence-corrected chi connectivity index (χ0v) is 20.1. The van der Waals surface area contributed by atoms with Gasteiger partial charge in [-0.1, -0.05) is 52.0 Å². The normalized spacial score (nSPS) is 13.6. The van der Waals surface area contributed by atoms with E-state index in [2.05, 4.69) is 36.4 Å². The Morgan fingerprint density at radius 1 is 1.15 bits per heavy atom. The topological polar surface area (TPSA) is 90.8 Å². The summed E-state index contributed by atoms with van der Waals surface area (Å²) in [6.45, 7) is 11.2. The van der Waals surface area contributed by atoms with E-state index in [-0.39, 0.29) is 47.4 Å². The van der Waals surface area contributed by atoms with Crippen LogP contribution in [0.3, 0.4) is 0 Å². The fourth-order valence-corrected chi connectivity index (χ4v) is 3.00. The van der Waals surface area contributed by atoms with Crippen molar-refractivity contribution in [2.45, 2.75) is 46.1 Å². The first kappa shape index (κ1) is 26.1. The summed E-state index contributed by atoms with van der Waals surface area (Å²) in [6.07, 6.45) is -0.709. The third kappa shape index (κ3) is 9.75. The molecule has 0 aliphatic rings. The van der Waals surface area contributed by atoms with Crippen LogP contribution in [0.25, 0.3) is 0 Å². The van der Waals surface area contributed by atoms with Crippen LogP contribution in [0.5, 0.6) is 0 Å². The molecule has 1 aromatic carbocycles. The summed E-state index contributed by atoms with van der Waals surface area (Å²) in [5.41, 5.74) is 2.10. The number of rotatable bonds is 8. The summed E-state index contributed by atoms with van der Waals surface area (Å²) in [7, 11) is -3.02. The Labute approximate surface area is 181 Å². The third-order valence-electron chi connectivity index (χ3n) is 4.07. The van der Waals surface area contributed by atoms with Crippen molar-refractivity contribution in [3.05, 3.63) is 35.4 Å². The SMILES string of the molecule is CCNC(=NCC(O)c1ccc(C(C)(C)C)cc1)NCCS(=O)(=O)CC.I. The summed E-state index contributed by atoms with van der Waals surface area (Å²) in [5.74, 6) is 0.695. The first-order valence-electron chi connectivity index (χ1n) is 9.10. The van der Waals surface area contributed by atoms with E-state index in [1.165, 1.54) is 5.56 Å². The van der Waals surface area contributed by atoms with Crippen molar-refractivity contribution < 1.29 is 13.5 Å². The molecule has 8 heteroatoms. The van der Waals surface area contributed by atoms with E-state index in [1.807, 2.05) is 31.2 Å². The number of benzene rings is 1. The molecule has 0 heterocycles. The second kappa shape index (κ2) is 11.9. The number of nitrogens with one attached hydrogen (secondary N) is 2. The van der Waals surface area contributed by atoms with Crippen molar-refractivity contribution in [3.63, 3.8) is 0 Å². The molecule has 6 nitrogen and oxygen atoms in total. The molecule has 0 aliphatic heterocycles. The maximum absolute atomic E-state index is 11.5. The molecule has 1 atom stereocenters. The average Bonchev–Trinajstić information content (AvgIpc) is 2.58. The van der Waals surface area contributed by atoms with Crippen molar-refractivity contribution in [2.24, 2.45) is 4.99 Å². The second-order valence-electron chi connectivity index (χ2n) is 7.27. The lowest BCUT2D eigenvalue weighted by Gasteiger charge is -2.20. The number of hydrogen-bond acceptors (Lipinski definition) is 4. The quantitative estimate of drug-likeness (QED) is 0.284. The molecular formula is C19H34IN3O3S. The lowest BCUT2D eigenvalue weighted by Crippen LogP contribution is -2.40. The number of hydrogen-bond donors (Lipinski definition) is 3. The van der Waals surface area contributed by atoms with Crippen LogP contribution in [-0.2, 0) is 15.3 Å². The Bertz CT molecular complexity index is 683. The highest BCUT2D eigenvalue weighted by Gasteiger charge is 2.14. The number of sulfone groups is 1. The van der Waals surface area contributed by atoms with Gasteiger partial charge in [0.2, 0.25) is 0 Å². The van der Waals surface area contributed by atoms with Gasteiger partial charge in [0.1, 0.15) is 0 Å². The van der Waals surface area contributed by atoms with E-state index in [4.69, 9.17) is 0 Å². The monoisotopic (exact) mass is 511 g/mol. The van der Waals surface area contributed by atoms with Gasteiger partial charge < -0.3 is 15.7 Å². The van der Waals surface area contributed by atoms with E-state index in [0.29, 0.717) is 19.0 Å². The average molecular weight is 511 g/mol. The molecule has 0 radical (unpaired) electrons. The van der Waals surface area contributed by atoms with Gasteiger partial charge in [0.15, 0.2) is 15.8 Å². The minimum Gasteiger partial charge on any atom is -0.386 e. The van der Waals surface area contributed by atoms with Gasteiger partial charge in [-0.25, -0.2) is 8.42 Å². The molecule has 0 bridgehead atoms. The van der Waals surface area contributed by atoms with Crippen LogP contribution in [0.1, 0.15) is 51.8 Å². The Morgan fingerprint density at radius 3 is 2.22 bits per heavy atom. The highest BCUT2D eigenvalue weighted by Crippen LogP contribution is 2.24. The fourth-order valence-electron chi connectivity index (χ4n) is 2.30. The maximum Gasteiger partial charge on any atom is 0.191 e. The predicted octanol–water partition coefficient (Wildman–Crippen LogP) is 2.63. The van der Waals surface area contributed by atoms with Crippen molar-refractivity contribution in [1.29, 1.82) is 0 Å². The molecule has 0 saturated carbocycles. The molecular weight excluding hydrogens is 477 g/mol. The van der Waals surface area contributed by atoms with Crippen molar-refractivity contribution in [1.82, 2.24) is 10.6 Å². The van der Waals surface area contributed by atoms with E-state index < -0.39 is 15.9 Å². The molecule has 3 N–H and O–H groups in total. The molecule has 1 rings (SSSR count). The van der Waals surface area contributed by atoms with Crippen molar-refractivity contribution in [3.8, 4) is 0 Å². The molecule has 1 unspecified atom stereocenters. The fraction of sp³-hybridized carbons (Fsp3) is 0.632. The van der Waals surface area contributed by atoms with E-state index in [1.54, 1.807) is 6.92 Å². The van der Waals surface area contributed by atoms with E-state index in [0.717, 1.165) is 5.56 Å². The molecule has 0 spiro atoms. The molecule has 156 valence electrons. The first-order valence-corrected chi connectivity index (χ1v) is 10.9. The van der Waals surface area contributed by atoms with E-state index in [9.17, 15) is 13.5 Å². The Balaban J connectivity index is 0.00000676. The van der Waals surface area contributed by atoms with Crippen LogP contribution in [0.4, 0.5) is 0 Å². The Hall–Kier alpha value is -0.870. The number of guanidine groups is 1. The molecule has 0 amide bonds. The van der Waals surface area contributed by atoms with Crippen LogP contribution in [0.15, 0.2) is 29.3 Å². The van der Waals surface area contributed by atoms with Crippen LogP contribution in [0, 0.1) is 0 Å². The summed E-state index contributed by atoms with van der Waals surface area (Å²) in [4.78, 5) is 4.36. The molecule has 0 aromatic heterocycles. The molecule has 27 heavy (non-hydrogen) atoms. The van der Waals surface area contributed by atoms with Gasteiger partial charge in [0.25, 0.3) is 0 Å². The number of halogens is 1. The lowest BCUT2D eigenvalue weighted by atomic mass is 9.86. The van der Waals surface area contributed by atoms with Crippen LogP contribution < -0.4 is 10.6 Å². The Kier molecular flexibility index (Phi) is 11.5. The van der Waals surface area contributed by atoms with Gasteiger partial charge in [-0.05, 0) is 23.5 Å². The number of nitrogens with zero attached hydrogens (tertiary/aromatic N) is 1. The molecule has 0 saturated heterocycles. The number of aliphatic imine (C=N–C) groups is 1. The highest BCUT2D eigenvalue weighted by atomic mass is 127.